The number of nitrogens with two attached hydrogens (primary N) is 2. The summed E-state index contributed by atoms with van der Waals surface area (Å²) >= 11 is 0. The molecule has 35 heavy (non-hydrogen) atoms. The number of nitro groups is 1. The Morgan fingerprint density at radius 1 is 1.14 bits per heavy atom. The van der Waals surface area contributed by atoms with Gasteiger partial charge in [-0.1, -0.05) is 0 Å². The molecule has 0 aliphatic carbocycles. The minimum Gasteiger partial charge on any atom is -0.493 e. The maximum atomic E-state index is 12.5. The summed E-state index contributed by atoms with van der Waals surface area (Å²) in [5.41, 5.74) is 11.4. The molecule has 0 aromatic heterocycles. The van der Waals surface area contributed by atoms with Gasteiger partial charge in [0.1, 0.15) is 0 Å². The van der Waals surface area contributed by atoms with E-state index in [2.05, 4.69) is 5.32 Å². The molecule has 0 aliphatic heterocycles. The predicted molar refractivity (Wildman–Crippen MR) is 122 cm³/mol. The van der Waals surface area contributed by atoms with Crippen molar-refractivity contribution in [2.24, 2.45) is 23.3 Å². The normalized spacial score (nSPS) is 15.3. The number of benzene rings is 1. The highest BCUT2D eigenvalue weighted by Crippen LogP contribution is 2.34. The molecule has 1 aromatic rings. The van der Waals surface area contributed by atoms with E-state index in [-0.39, 0.29) is 42.2 Å². The monoisotopic (exact) mass is 500 g/mol. The van der Waals surface area contributed by atoms with Gasteiger partial charge in [0.2, 0.25) is 5.91 Å². The molecule has 0 fully saturated rings. The lowest BCUT2D eigenvalue weighted by molar-refractivity contribution is -0.385. The SMILES string of the molecule is COc1cc(CO)c([N+](=O)[O-])cc1OCCCC(=O)NC(C(C)C(=O)O)C(N)C(C(=O)O)C(C)N. The zero-order chi connectivity index (χ0) is 26.9. The maximum absolute atomic E-state index is 12.5. The number of hydrogen-bond acceptors (Lipinski definition) is 10. The van der Waals surface area contributed by atoms with E-state index in [0.717, 1.165) is 6.07 Å². The Morgan fingerprint density at radius 3 is 2.23 bits per heavy atom. The molecular weight excluding hydrogens is 468 g/mol. The summed E-state index contributed by atoms with van der Waals surface area (Å²) < 4.78 is 10.6. The second-order valence-electron chi connectivity index (χ2n) is 8.02. The van der Waals surface area contributed by atoms with Gasteiger partial charge in [0.15, 0.2) is 11.5 Å². The molecule has 0 saturated carbocycles. The Hall–Kier alpha value is -3.49. The summed E-state index contributed by atoms with van der Waals surface area (Å²) in [6.45, 7) is 2.09. The van der Waals surface area contributed by atoms with Crippen LogP contribution in [0.5, 0.6) is 11.5 Å². The van der Waals surface area contributed by atoms with E-state index in [0.29, 0.717) is 0 Å². The average molecular weight is 501 g/mol. The third-order valence-electron chi connectivity index (χ3n) is 5.47. The largest absolute Gasteiger partial charge is 0.493 e. The number of methoxy groups -OCH3 is 1. The Morgan fingerprint density at radius 2 is 1.77 bits per heavy atom. The minimum atomic E-state index is -1.31. The fraction of sp³-hybridized carbons (Fsp3) is 0.571. The van der Waals surface area contributed by atoms with Crippen LogP contribution in [0, 0.1) is 22.0 Å². The van der Waals surface area contributed by atoms with Crippen molar-refractivity contribution in [2.45, 2.75) is 51.4 Å². The Balaban J connectivity index is 2.86. The highest BCUT2D eigenvalue weighted by molar-refractivity contribution is 5.79. The van der Waals surface area contributed by atoms with Crippen LogP contribution < -0.4 is 26.3 Å². The lowest BCUT2D eigenvalue weighted by Crippen LogP contribution is -2.60. The predicted octanol–water partition coefficient (Wildman–Crippen LogP) is -0.164. The van der Waals surface area contributed by atoms with Gasteiger partial charge in [-0.3, -0.25) is 24.5 Å². The van der Waals surface area contributed by atoms with Crippen molar-refractivity contribution in [1.29, 1.82) is 0 Å². The first-order chi connectivity index (χ1) is 16.3. The maximum Gasteiger partial charge on any atom is 0.309 e. The van der Waals surface area contributed by atoms with Crippen molar-refractivity contribution < 1.29 is 44.1 Å². The van der Waals surface area contributed by atoms with Crippen LogP contribution in [-0.4, -0.2) is 69.9 Å². The van der Waals surface area contributed by atoms with Crippen LogP contribution >= 0.6 is 0 Å². The number of carbonyl (C=O) groups is 3. The zero-order valence-electron chi connectivity index (χ0n) is 19.7. The number of ether oxygens (including phenoxy) is 2. The fourth-order valence-electron chi connectivity index (χ4n) is 3.50. The molecular formula is C21H32N4O10. The second kappa shape index (κ2) is 13.4. The van der Waals surface area contributed by atoms with Crippen LogP contribution in [0.2, 0.25) is 0 Å². The highest BCUT2D eigenvalue weighted by Gasteiger charge is 2.39. The van der Waals surface area contributed by atoms with E-state index in [1.165, 1.54) is 27.0 Å². The van der Waals surface area contributed by atoms with Gasteiger partial charge in [-0.2, -0.15) is 0 Å². The van der Waals surface area contributed by atoms with Gasteiger partial charge in [0, 0.05) is 18.5 Å². The van der Waals surface area contributed by atoms with Crippen molar-refractivity contribution in [1.82, 2.24) is 5.32 Å². The molecule has 0 bridgehead atoms. The molecule has 1 aromatic carbocycles. The summed E-state index contributed by atoms with van der Waals surface area (Å²) in [4.78, 5) is 46.1. The molecule has 5 atom stereocenters. The summed E-state index contributed by atoms with van der Waals surface area (Å²) in [6.07, 6.45) is -0.00575. The van der Waals surface area contributed by atoms with Crippen molar-refractivity contribution in [3.05, 3.63) is 27.8 Å². The van der Waals surface area contributed by atoms with Gasteiger partial charge in [-0.05, 0) is 26.3 Å². The van der Waals surface area contributed by atoms with Crippen molar-refractivity contribution >= 4 is 23.5 Å². The lowest BCUT2D eigenvalue weighted by atomic mass is 9.83. The van der Waals surface area contributed by atoms with Gasteiger partial charge in [-0.25, -0.2) is 0 Å². The first-order valence-corrected chi connectivity index (χ1v) is 10.7. The topological polar surface area (TPSA) is 238 Å². The number of aliphatic hydroxyl groups is 1. The summed E-state index contributed by atoms with van der Waals surface area (Å²) in [7, 11) is 1.32. The molecule has 0 spiro atoms. The molecule has 0 radical (unpaired) electrons. The van der Waals surface area contributed by atoms with E-state index in [9.17, 15) is 39.8 Å². The number of nitro benzene ring substituents is 1. The van der Waals surface area contributed by atoms with Crippen molar-refractivity contribution in [3.8, 4) is 11.5 Å². The number of nitrogens with one attached hydrogen (secondary N) is 1. The molecule has 0 heterocycles. The Labute approximate surface area is 201 Å². The van der Waals surface area contributed by atoms with E-state index in [1.807, 2.05) is 0 Å². The van der Waals surface area contributed by atoms with Gasteiger partial charge < -0.3 is 41.6 Å². The molecule has 196 valence electrons. The summed E-state index contributed by atoms with van der Waals surface area (Å²) in [6, 6.07) is -0.992. The molecule has 5 unspecified atom stereocenters. The first-order valence-electron chi connectivity index (χ1n) is 10.7. The first kappa shape index (κ1) is 29.5. The number of nitrogens with zero attached hydrogens (tertiary/aromatic N) is 1. The molecule has 1 amide bonds. The summed E-state index contributed by atoms with van der Waals surface area (Å²) in [5, 5.41) is 41.8. The standard InChI is InChI=1S/C21H32N4O10/c1-10(20(28)29)19(18(23)17(11(2)22)21(30)31)24-16(27)5-4-6-35-15-8-13(25(32)33)12(9-26)7-14(15)34-3/h7-8,10-11,17-19,26H,4-6,9,22-23H2,1-3H3,(H,24,27)(H,28,29)(H,30,31). The number of carboxylic acids is 2. The number of amides is 1. The number of rotatable bonds is 15. The van der Waals surface area contributed by atoms with E-state index < -0.39 is 59.3 Å². The smallest absolute Gasteiger partial charge is 0.309 e. The van der Waals surface area contributed by atoms with Crippen LogP contribution in [0.15, 0.2) is 12.1 Å². The van der Waals surface area contributed by atoms with E-state index >= 15 is 0 Å². The quantitative estimate of drug-likeness (QED) is 0.105. The van der Waals surface area contributed by atoms with Crippen LogP contribution in [0.25, 0.3) is 0 Å². The number of hydrogen-bond donors (Lipinski definition) is 6. The van der Waals surface area contributed by atoms with Gasteiger partial charge in [0.25, 0.3) is 5.69 Å². The minimum absolute atomic E-state index is 0.0393. The van der Waals surface area contributed by atoms with Gasteiger partial charge in [0.05, 0.1) is 54.8 Å². The average Bonchev–Trinajstić information content (AvgIpc) is 2.78. The highest BCUT2D eigenvalue weighted by atomic mass is 16.6. The molecule has 1 rings (SSSR count). The van der Waals surface area contributed by atoms with Gasteiger partial charge >= 0.3 is 11.9 Å². The molecule has 14 nitrogen and oxygen atoms in total. The zero-order valence-corrected chi connectivity index (χ0v) is 19.7. The van der Waals surface area contributed by atoms with Gasteiger partial charge in [-0.15, -0.1) is 0 Å². The van der Waals surface area contributed by atoms with E-state index in [1.54, 1.807) is 0 Å². The Kier molecular flexibility index (Phi) is 11.3. The lowest BCUT2D eigenvalue weighted by Gasteiger charge is -2.33. The number of aliphatic hydroxyl groups excluding tert-OH is 1. The van der Waals surface area contributed by atoms with Crippen LogP contribution in [-0.2, 0) is 21.0 Å². The third-order valence-corrected chi connectivity index (χ3v) is 5.47. The number of carbonyl (C=O) groups excluding carboxylic acids is 1. The van der Waals surface area contributed by atoms with Crippen LogP contribution in [0.4, 0.5) is 5.69 Å². The fourth-order valence-corrected chi connectivity index (χ4v) is 3.50. The molecule has 8 N–H and O–H groups in total. The molecule has 0 aliphatic rings. The van der Waals surface area contributed by atoms with E-state index in [4.69, 9.17) is 20.9 Å². The second-order valence-corrected chi connectivity index (χ2v) is 8.02. The molecule has 14 heteroatoms. The Bertz CT molecular complexity index is 924. The molecule has 0 saturated heterocycles. The summed E-state index contributed by atoms with van der Waals surface area (Å²) in [5.74, 6) is -5.48. The van der Waals surface area contributed by atoms with Crippen molar-refractivity contribution in [3.63, 3.8) is 0 Å². The third kappa shape index (κ3) is 8.05. The van der Waals surface area contributed by atoms with Crippen molar-refractivity contribution in [2.75, 3.05) is 13.7 Å². The number of aliphatic carboxylic acids is 2. The number of carboxylic acid groups (broad SMARTS) is 2. The van der Waals surface area contributed by atoms with Crippen LogP contribution in [0.1, 0.15) is 32.3 Å². The van der Waals surface area contributed by atoms with Crippen LogP contribution in [0.3, 0.4) is 0 Å².